The first kappa shape index (κ1) is 21.8. The van der Waals surface area contributed by atoms with Crippen molar-refractivity contribution in [1.29, 1.82) is 0 Å². The molecule has 0 saturated carbocycles. The van der Waals surface area contributed by atoms with Gasteiger partial charge in [-0.15, -0.1) is 0 Å². The maximum atomic E-state index is 13.6. The van der Waals surface area contributed by atoms with Gasteiger partial charge in [-0.2, -0.15) is 0 Å². The molecule has 2 aliphatic rings. The van der Waals surface area contributed by atoms with Crippen LogP contribution < -0.4 is 5.73 Å². The predicted octanol–water partition coefficient (Wildman–Crippen LogP) is -0.0533. The minimum absolute atomic E-state index is 0.0461. The van der Waals surface area contributed by atoms with E-state index in [-0.39, 0.29) is 16.7 Å². The average Bonchev–Trinajstić information content (AvgIpc) is 2.70. The van der Waals surface area contributed by atoms with E-state index in [1.54, 1.807) is 13.0 Å². The van der Waals surface area contributed by atoms with Crippen LogP contribution >= 0.6 is 0 Å². The number of fused-ring (bicyclic) bond motifs is 3. The third-order valence-corrected chi connectivity index (χ3v) is 6.54. The molecule has 1 unspecified atom stereocenters. The first-order chi connectivity index (χ1) is 14.9. The van der Waals surface area contributed by atoms with Crippen LogP contribution in [-0.2, 0) is 9.59 Å². The standard InChI is InChI=1S/C22H22N2O8/c1-7-8-5-4-6-9(25)11(8)16(26)12-10(7)17(27)14-15(24(2)3)18(28)13(21(23)31)20(30)22(14,32)19(12)29/h4-6,14-15,17,25-27,30,32H,1-3H3,(H2,23,31)/t14-,15+,17+,22?/m1/s1. The van der Waals surface area contributed by atoms with Crippen molar-refractivity contribution in [3.63, 3.8) is 0 Å². The van der Waals surface area contributed by atoms with E-state index >= 15 is 0 Å². The van der Waals surface area contributed by atoms with E-state index in [0.717, 1.165) is 0 Å². The van der Waals surface area contributed by atoms with E-state index in [0.29, 0.717) is 10.9 Å². The molecule has 0 aromatic heterocycles. The van der Waals surface area contributed by atoms with E-state index in [9.17, 15) is 39.9 Å². The van der Waals surface area contributed by atoms with Crippen LogP contribution in [0.1, 0.15) is 27.6 Å². The Hall–Kier alpha value is -3.47. The zero-order valence-corrected chi connectivity index (χ0v) is 17.4. The molecule has 0 heterocycles. The van der Waals surface area contributed by atoms with Crippen LogP contribution in [0, 0.1) is 12.8 Å². The Labute approximate surface area is 181 Å². The van der Waals surface area contributed by atoms with Gasteiger partial charge in [0.1, 0.15) is 22.8 Å². The second-order valence-corrected chi connectivity index (χ2v) is 8.39. The number of primary amides is 1. The molecule has 0 spiro atoms. The number of likely N-dealkylation sites (N-methyl/N-ethyl adjacent to an activating group) is 1. The summed E-state index contributed by atoms with van der Waals surface area (Å²) in [6.45, 7) is 1.56. The largest absolute Gasteiger partial charge is 0.508 e. The molecule has 2 aromatic rings. The van der Waals surface area contributed by atoms with Crippen molar-refractivity contribution in [2.24, 2.45) is 11.7 Å². The fourth-order valence-corrected chi connectivity index (χ4v) is 5.11. The van der Waals surface area contributed by atoms with Crippen molar-refractivity contribution in [1.82, 2.24) is 4.90 Å². The summed E-state index contributed by atoms with van der Waals surface area (Å²) in [6.07, 6.45) is -1.71. The summed E-state index contributed by atoms with van der Waals surface area (Å²) in [5.74, 6) is -7.47. The maximum absolute atomic E-state index is 13.6. The Kier molecular flexibility index (Phi) is 4.60. The molecular weight excluding hydrogens is 420 g/mol. The van der Waals surface area contributed by atoms with Crippen molar-refractivity contribution in [3.8, 4) is 11.5 Å². The quantitative estimate of drug-likeness (QED) is 0.347. The van der Waals surface area contributed by atoms with Gasteiger partial charge in [-0.1, -0.05) is 12.1 Å². The summed E-state index contributed by atoms with van der Waals surface area (Å²) in [4.78, 5) is 39.9. The maximum Gasteiger partial charge on any atom is 0.255 e. The summed E-state index contributed by atoms with van der Waals surface area (Å²) >= 11 is 0. The number of aromatic hydroxyl groups is 2. The zero-order valence-electron chi connectivity index (χ0n) is 17.4. The fraction of sp³-hybridized carbons (Fsp3) is 0.318. The zero-order chi connectivity index (χ0) is 23.9. The molecular formula is C22H22N2O8. The van der Waals surface area contributed by atoms with Gasteiger partial charge in [0.2, 0.25) is 5.78 Å². The van der Waals surface area contributed by atoms with Crippen LogP contribution in [0.15, 0.2) is 29.5 Å². The molecule has 0 bridgehead atoms. The summed E-state index contributed by atoms with van der Waals surface area (Å²) < 4.78 is 0. The van der Waals surface area contributed by atoms with E-state index < -0.39 is 63.8 Å². The lowest BCUT2D eigenvalue weighted by atomic mass is 9.60. The number of aliphatic hydroxyl groups excluding tert-OH is 2. The number of benzene rings is 2. The minimum Gasteiger partial charge on any atom is -0.508 e. The number of nitrogens with two attached hydrogens (primary N) is 1. The van der Waals surface area contributed by atoms with Crippen LogP contribution in [0.2, 0.25) is 0 Å². The van der Waals surface area contributed by atoms with Gasteiger partial charge in [-0.25, -0.2) is 0 Å². The summed E-state index contributed by atoms with van der Waals surface area (Å²) in [7, 11) is 2.89. The van der Waals surface area contributed by atoms with Crippen LogP contribution in [0.3, 0.4) is 0 Å². The highest BCUT2D eigenvalue weighted by Crippen LogP contribution is 2.54. The molecule has 0 saturated heterocycles. The van der Waals surface area contributed by atoms with Gasteiger partial charge in [-0.05, 0) is 43.6 Å². The Morgan fingerprint density at radius 2 is 1.78 bits per heavy atom. The second-order valence-electron chi connectivity index (χ2n) is 8.39. The number of ketones is 2. The monoisotopic (exact) mass is 442 g/mol. The number of Topliss-reactive ketones (excluding diaryl/α,β-unsaturated/α-hetero) is 2. The molecule has 10 heteroatoms. The Balaban J connectivity index is 2.17. The predicted molar refractivity (Wildman–Crippen MR) is 111 cm³/mol. The molecule has 4 atom stereocenters. The van der Waals surface area contributed by atoms with Crippen LogP contribution in [0.5, 0.6) is 11.5 Å². The summed E-state index contributed by atoms with van der Waals surface area (Å²) in [5.41, 5.74) is 1.13. The van der Waals surface area contributed by atoms with Crippen molar-refractivity contribution in [2.45, 2.75) is 24.7 Å². The van der Waals surface area contributed by atoms with Gasteiger partial charge in [0, 0.05) is 0 Å². The summed E-state index contributed by atoms with van der Waals surface area (Å²) in [5, 5.41) is 55.0. The molecule has 2 aliphatic carbocycles. The normalized spacial score (nSPS) is 27.6. The number of phenolic OH excluding ortho intramolecular Hbond substituents is 2. The van der Waals surface area contributed by atoms with E-state index in [2.05, 4.69) is 0 Å². The first-order valence-electron chi connectivity index (χ1n) is 9.73. The molecule has 32 heavy (non-hydrogen) atoms. The lowest BCUT2D eigenvalue weighted by molar-refractivity contribution is -0.139. The fourth-order valence-electron chi connectivity index (χ4n) is 5.11. The Morgan fingerprint density at radius 3 is 2.34 bits per heavy atom. The SMILES string of the molecule is Cc1c2c(c(O)c3c(O)cccc13)C(=O)C1(O)C(O)=C(C(N)=O)C(=O)[C@@H](N(C)C)[C@@H]1[C@H]2O. The molecule has 10 nitrogen and oxygen atoms in total. The van der Waals surface area contributed by atoms with Gasteiger partial charge in [0.25, 0.3) is 5.91 Å². The third-order valence-electron chi connectivity index (χ3n) is 6.54. The van der Waals surface area contributed by atoms with Gasteiger partial charge in [0.05, 0.1) is 29.0 Å². The number of aryl methyl sites for hydroxylation is 1. The number of hydrogen-bond acceptors (Lipinski definition) is 9. The van der Waals surface area contributed by atoms with Gasteiger partial charge in [0.15, 0.2) is 11.4 Å². The smallest absolute Gasteiger partial charge is 0.255 e. The Morgan fingerprint density at radius 1 is 1.16 bits per heavy atom. The van der Waals surface area contributed by atoms with E-state index in [4.69, 9.17) is 5.73 Å². The number of phenols is 2. The van der Waals surface area contributed by atoms with Gasteiger partial charge < -0.3 is 31.3 Å². The Bertz CT molecular complexity index is 1260. The van der Waals surface area contributed by atoms with Gasteiger partial charge in [-0.3, -0.25) is 19.3 Å². The number of rotatable bonds is 2. The molecule has 4 rings (SSSR count). The van der Waals surface area contributed by atoms with Crippen molar-refractivity contribution >= 4 is 28.2 Å². The number of amides is 1. The summed E-state index contributed by atoms with van der Waals surface area (Å²) in [6, 6.07) is 2.98. The molecule has 0 radical (unpaired) electrons. The van der Waals surface area contributed by atoms with E-state index in [1.807, 2.05) is 0 Å². The highest BCUT2D eigenvalue weighted by molar-refractivity contribution is 6.25. The number of nitrogens with zero attached hydrogens (tertiary/aromatic N) is 1. The van der Waals surface area contributed by atoms with Crippen molar-refractivity contribution < 1.29 is 39.9 Å². The number of aliphatic hydroxyl groups is 3. The number of carbonyl (C=O) groups excluding carboxylic acids is 3. The first-order valence-corrected chi connectivity index (χ1v) is 9.73. The molecule has 168 valence electrons. The van der Waals surface area contributed by atoms with Gasteiger partial charge >= 0.3 is 0 Å². The van der Waals surface area contributed by atoms with Crippen LogP contribution in [0.25, 0.3) is 10.8 Å². The highest BCUT2D eigenvalue weighted by Gasteiger charge is 2.65. The average molecular weight is 442 g/mol. The van der Waals surface area contributed by atoms with Crippen molar-refractivity contribution in [3.05, 3.63) is 46.2 Å². The molecule has 2 aromatic carbocycles. The van der Waals surface area contributed by atoms with Crippen LogP contribution in [0.4, 0.5) is 0 Å². The van der Waals surface area contributed by atoms with E-state index in [1.165, 1.54) is 31.1 Å². The minimum atomic E-state index is -2.93. The van der Waals surface area contributed by atoms with Crippen molar-refractivity contribution in [2.75, 3.05) is 14.1 Å². The topological polar surface area (TPSA) is 182 Å². The lowest BCUT2D eigenvalue weighted by Gasteiger charge is -2.49. The lowest BCUT2D eigenvalue weighted by Crippen LogP contribution is -2.66. The number of carbonyl (C=O) groups is 3. The highest BCUT2D eigenvalue weighted by atomic mass is 16.4. The molecule has 7 N–H and O–H groups in total. The second kappa shape index (κ2) is 6.76. The molecule has 0 fully saturated rings. The molecule has 1 amide bonds. The number of hydrogen-bond donors (Lipinski definition) is 6. The van der Waals surface area contributed by atoms with Crippen LogP contribution in [-0.4, -0.2) is 73.6 Å². The third kappa shape index (κ3) is 2.42. The molecule has 0 aliphatic heterocycles.